The van der Waals surface area contributed by atoms with Gasteiger partial charge in [0, 0.05) is 19.1 Å². The predicted molar refractivity (Wildman–Crippen MR) is 72.9 cm³/mol. The number of likely N-dealkylation sites (tertiary alicyclic amines) is 1. The average molecular weight is 275 g/mol. The fraction of sp³-hybridized carbons (Fsp3) is 0.467. The number of nitrogens with two attached hydrogens (primary N) is 1. The number of amides is 1. The zero-order valence-corrected chi connectivity index (χ0v) is 11.5. The molecule has 5 heteroatoms. The Balaban J connectivity index is 2.16. The van der Waals surface area contributed by atoms with Gasteiger partial charge in [0.25, 0.3) is 0 Å². The van der Waals surface area contributed by atoms with Crippen molar-refractivity contribution >= 4 is 5.91 Å². The van der Waals surface area contributed by atoms with Crippen molar-refractivity contribution < 1.29 is 9.18 Å². The lowest BCUT2D eigenvalue weighted by Gasteiger charge is -2.37. The molecule has 0 aromatic heterocycles. The van der Waals surface area contributed by atoms with Crippen molar-refractivity contribution in [1.29, 1.82) is 5.26 Å². The van der Waals surface area contributed by atoms with Crippen LogP contribution < -0.4 is 5.73 Å². The highest BCUT2D eigenvalue weighted by atomic mass is 19.1. The summed E-state index contributed by atoms with van der Waals surface area (Å²) in [5.41, 5.74) is 6.51. The van der Waals surface area contributed by atoms with Crippen LogP contribution in [0.4, 0.5) is 4.39 Å². The van der Waals surface area contributed by atoms with Crippen molar-refractivity contribution in [2.24, 2.45) is 11.7 Å². The van der Waals surface area contributed by atoms with E-state index in [0.717, 1.165) is 18.4 Å². The van der Waals surface area contributed by atoms with Gasteiger partial charge in [-0.15, -0.1) is 0 Å². The highest BCUT2D eigenvalue weighted by Gasteiger charge is 2.28. The van der Waals surface area contributed by atoms with Crippen LogP contribution in [0.25, 0.3) is 0 Å². The van der Waals surface area contributed by atoms with Crippen molar-refractivity contribution in [2.75, 3.05) is 6.54 Å². The Morgan fingerprint density at radius 3 is 2.95 bits per heavy atom. The minimum Gasteiger partial charge on any atom is -0.369 e. The quantitative estimate of drug-likeness (QED) is 0.914. The molecule has 0 spiro atoms. The summed E-state index contributed by atoms with van der Waals surface area (Å²) in [5, 5.41) is 9.07. The molecule has 1 aromatic carbocycles. The van der Waals surface area contributed by atoms with Crippen LogP contribution in [0.2, 0.25) is 0 Å². The second-order valence-electron chi connectivity index (χ2n) is 5.37. The summed E-state index contributed by atoms with van der Waals surface area (Å²) in [6, 6.07) is 6.57. The SMILES string of the molecule is C[C@@H]1CC[C@H](C(N)=O)CN1Cc1ccc(F)cc1C#N. The van der Waals surface area contributed by atoms with E-state index >= 15 is 0 Å². The molecule has 0 bridgehead atoms. The van der Waals surface area contributed by atoms with Gasteiger partial charge < -0.3 is 5.73 Å². The van der Waals surface area contributed by atoms with Gasteiger partial charge in [-0.05, 0) is 37.5 Å². The molecule has 4 nitrogen and oxygen atoms in total. The van der Waals surface area contributed by atoms with E-state index in [1.165, 1.54) is 12.1 Å². The second kappa shape index (κ2) is 6.02. The highest BCUT2D eigenvalue weighted by molar-refractivity contribution is 5.77. The van der Waals surface area contributed by atoms with E-state index in [1.54, 1.807) is 6.07 Å². The Morgan fingerprint density at radius 2 is 2.30 bits per heavy atom. The van der Waals surface area contributed by atoms with E-state index in [-0.39, 0.29) is 11.8 Å². The van der Waals surface area contributed by atoms with Crippen LogP contribution in [-0.4, -0.2) is 23.4 Å². The molecule has 2 atom stereocenters. The number of hydrogen-bond donors (Lipinski definition) is 1. The van der Waals surface area contributed by atoms with Gasteiger partial charge in [-0.2, -0.15) is 5.26 Å². The van der Waals surface area contributed by atoms with E-state index in [4.69, 9.17) is 11.0 Å². The topological polar surface area (TPSA) is 70.1 Å². The molecule has 20 heavy (non-hydrogen) atoms. The van der Waals surface area contributed by atoms with E-state index in [2.05, 4.69) is 11.8 Å². The van der Waals surface area contributed by atoms with E-state index in [0.29, 0.717) is 24.7 Å². The Labute approximate surface area is 118 Å². The van der Waals surface area contributed by atoms with E-state index in [1.807, 2.05) is 6.07 Å². The van der Waals surface area contributed by atoms with Crippen LogP contribution in [0.3, 0.4) is 0 Å². The Bertz CT molecular complexity index is 553. The van der Waals surface area contributed by atoms with Gasteiger partial charge in [0.2, 0.25) is 5.91 Å². The van der Waals surface area contributed by atoms with Gasteiger partial charge in [-0.1, -0.05) is 6.07 Å². The molecule has 2 rings (SSSR count). The predicted octanol–water partition coefficient (Wildman–Crippen LogP) is 1.78. The molecule has 1 aliphatic heterocycles. The molecule has 1 aliphatic rings. The van der Waals surface area contributed by atoms with E-state index in [9.17, 15) is 9.18 Å². The molecule has 1 fully saturated rings. The molecular weight excluding hydrogens is 257 g/mol. The standard InChI is InChI=1S/C15H18FN3O/c1-10-2-3-12(15(18)20)9-19(10)8-11-4-5-14(16)6-13(11)7-17/h4-6,10,12H,2-3,8-9H2,1H3,(H2,18,20)/t10-,12+/m1/s1. The van der Waals surface area contributed by atoms with Crippen LogP contribution >= 0.6 is 0 Å². The highest BCUT2D eigenvalue weighted by Crippen LogP contribution is 2.24. The summed E-state index contributed by atoms with van der Waals surface area (Å²) >= 11 is 0. The van der Waals surface area contributed by atoms with Gasteiger partial charge in [-0.25, -0.2) is 4.39 Å². The van der Waals surface area contributed by atoms with Crippen LogP contribution in [-0.2, 0) is 11.3 Å². The summed E-state index contributed by atoms with van der Waals surface area (Å²) in [5.74, 6) is -0.828. The van der Waals surface area contributed by atoms with Crippen LogP contribution in [0.15, 0.2) is 18.2 Å². The molecular formula is C15H18FN3O. The number of carbonyl (C=O) groups is 1. The number of benzene rings is 1. The number of nitrogens with zero attached hydrogens (tertiary/aromatic N) is 2. The normalized spacial score (nSPS) is 23.2. The largest absolute Gasteiger partial charge is 0.369 e. The number of primary amides is 1. The number of piperidine rings is 1. The lowest BCUT2D eigenvalue weighted by atomic mass is 9.92. The maximum absolute atomic E-state index is 13.1. The fourth-order valence-electron chi connectivity index (χ4n) is 2.64. The summed E-state index contributed by atoms with van der Waals surface area (Å²) in [4.78, 5) is 13.5. The number of nitriles is 1. The molecule has 106 valence electrons. The smallest absolute Gasteiger partial charge is 0.221 e. The van der Waals surface area contributed by atoms with Gasteiger partial charge in [0.05, 0.1) is 17.6 Å². The number of hydrogen-bond acceptors (Lipinski definition) is 3. The van der Waals surface area contributed by atoms with Crippen LogP contribution in [0, 0.1) is 23.1 Å². The summed E-state index contributed by atoms with van der Waals surface area (Å²) < 4.78 is 13.1. The second-order valence-corrected chi connectivity index (χ2v) is 5.37. The van der Waals surface area contributed by atoms with Crippen molar-refractivity contribution in [3.63, 3.8) is 0 Å². The minimum absolute atomic E-state index is 0.141. The van der Waals surface area contributed by atoms with Crippen molar-refractivity contribution in [3.8, 4) is 6.07 Å². The maximum atomic E-state index is 13.1. The lowest BCUT2D eigenvalue weighted by Crippen LogP contribution is -2.45. The van der Waals surface area contributed by atoms with Crippen molar-refractivity contribution in [2.45, 2.75) is 32.4 Å². The molecule has 1 heterocycles. The van der Waals surface area contributed by atoms with Crippen LogP contribution in [0.5, 0.6) is 0 Å². The number of carbonyl (C=O) groups excluding carboxylic acids is 1. The summed E-state index contributed by atoms with van der Waals surface area (Å²) in [6.45, 7) is 3.22. The molecule has 0 radical (unpaired) electrons. The molecule has 1 saturated heterocycles. The number of halogens is 1. The zero-order valence-electron chi connectivity index (χ0n) is 11.5. The third kappa shape index (κ3) is 3.14. The van der Waals surface area contributed by atoms with Crippen molar-refractivity contribution in [3.05, 3.63) is 35.1 Å². The monoisotopic (exact) mass is 275 g/mol. The molecule has 1 amide bonds. The third-order valence-corrected chi connectivity index (χ3v) is 3.98. The zero-order chi connectivity index (χ0) is 14.7. The van der Waals surface area contributed by atoms with E-state index < -0.39 is 5.82 Å². The molecule has 1 aromatic rings. The molecule has 0 saturated carbocycles. The molecule has 2 N–H and O–H groups in total. The first kappa shape index (κ1) is 14.5. The average Bonchev–Trinajstić information content (AvgIpc) is 2.42. The fourth-order valence-corrected chi connectivity index (χ4v) is 2.64. The summed E-state index contributed by atoms with van der Waals surface area (Å²) in [7, 11) is 0. The van der Waals surface area contributed by atoms with Crippen molar-refractivity contribution in [1.82, 2.24) is 4.90 Å². The molecule has 0 unspecified atom stereocenters. The maximum Gasteiger partial charge on any atom is 0.221 e. The van der Waals surface area contributed by atoms with Gasteiger partial charge >= 0.3 is 0 Å². The van der Waals surface area contributed by atoms with Crippen LogP contribution in [0.1, 0.15) is 30.9 Å². The third-order valence-electron chi connectivity index (χ3n) is 3.98. The lowest BCUT2D eigenvalue weighted by molar-refractivity contribution is -0.124. The Hall–Kier alpha value is -1.93. The van der Waals surface area contributed by atoms with Gasteiger partial charge in [0.1, 0.15) is 5.82 Å². The first-order valence-corrected chi connectivity index (χ1v) is 6.73. The first-order chi connectivity index (χ1) is 9.51. The summed E-state index contributed by atoms with van der Waals surface area (Å²) in [6.07, 6.45) is 1.71. The number of rotatable bonds is 3. The van der Waals surface area contributed by atoms with Gasteiger partial charge in [0.15, 0.2) is 0 Å². The molecule has 0 aliphatic carbocycles. The van der Waals surface area contributed by atoms with Gasteiger partial charge in [-0.3, -0.25) is 9.69 Å². The Kier molecular flexibility index (Phi) is 4.35. The first-order valence-electron chi connectivity index (χ1n) is 6.73. The minimum atomic E-state index is -0.410. The Morgan fingerprint density at radius 1 is 1.55 bits per heavy atom.